The molecular formula is C17H11N3O. The minimum absolute atomic E-state index is 0.0324. The summed E-state index contributed by atoms with van der Waals surface area (Å²) in [5, 5.41) is 9.08. The monoisotopic (exact) mass is 273 g/mol. The lowest BCUT2D eigenvalue weighted by atomic mass is 10.0. The molecule has 0 saturated heterocycles. The van der Waals surface area contributed by atoms with E-state index >= 15 is 0 Å². The fraction of sp³-hybridized carbons (Fsp3) is 0. The lowest BCUT2D eigenvalue weighted by Crippen LogP contribution is -2.12. The van der Waals surface area contributed by atoms with Crippen LogP contribution in [0.4, 0.5) is 0 Å². The molecule has 0 aliphatic carbocycles. The Bertz CT molecular complexity index is 859. The van der Waals surface area contributed by atoms with Crippen molar-refractivity contribution in [3.8, 4) is 28.5 Å². The summed E-state index contributed by atoms with van der Waals surface area (Å²) >= 11 is 0. The molecule has 2 aromatic carbocycles. The normalized spacial score (nSPS) is 10.0. The quantitative estimate of drug-likeness (QED) is 0.780. The average molecular weight is 273 g/mol. The smallest absolute Gasteiger partial charge is 0.269 e. The highest BCUT2D eigenvalue weighted by Crippen LogP contribution is 2.24. The summed E-state index contributed by atoms with van der Waals surface area (Å²) < 4.78 is 0. The van der Waals surface area contributed by atoms with E-state index in [2.05, 4.69) is 9.97 Å². The van der Waals surface area contributed by atoms with Crippen molar-refractivity contribution < 1.29 is 0 Å². The summed E-state index contributed by atoms with van der Waals surface area (Å²) in [6.07, 6.45) is 1.31. The SMILES string of the molecule is N#Cc1c(-c2ccc(-c3ccccc3)cc2)nc[nH]c1=O. The van der Waals surface area contributed by atoms with Crippen molar-refractivity contribution in [2.75, 3.05) is 0 Å². The molecule has 0 aliphatic heterocycles. The third-order valence-electron chi connectivity index (χ3n) is 3.23. The molecular weight excluding hydrogens is 262 g/mol. The lowest BCUT2D eigenvalue weighted by molar-refractivity contribution is 1.11. The van der Waals surface area contributed by atoms with Gasteiger partial charge in [0.1, 0.15) is 11.6 Å². The molecule has 4 nitrogen and oxygen atoms in total. The molecule has 1 aromatic heterocycles. The summed E-state index contributed by atoms with van der Waals surface area (Å²) in [7, 11) is 0. The van der Waals surface area contributed by atoms with Crippen molar-refractivity contribution >= 4 is 0 Å². The molecule has 3 rings (SSSR count). The summed E-state index contributed by atoms with van der Waals surface area (Å²) in [4.78, 5) is 18.1. The molecule has 0 radical (unpaired) electrons. The predicted molar refractivity (Wildman–Crippen MR) is 80.4 cm³/mol. The maximum Gasteiger partial charge on any atom is 0.269 e. The van der Waals surface area contributed by atoms with Crippen LogP contribution in [-0.4, -0.2) is 9.97 Å². The summed E-state index contributed by atoms with van der Waals surface area (Å²) in [5.41, 5.74) is 2.95. The highest BCUT2D eigenvalue weighted by Gasteiger charge is 2.10. The van der Waals surface area contributed by atoms with Gasteiger partial charge in [-0.3, -0.25) is 4.79 Å². The largest absolute Gasteiger partial charge is 0.312 e. The third kappa shape index (κ3) is 2.45. The number of hydrogen-bond acceptors (Lipinski definition) is 3. The van der Waals surface area contributed by atoms with Gasteiger partial charge >= 0.3 is 0 Å². The van der Waals surface area contributed by atoms with E-state index < -0.39 is 5.56 Å². The van der Waals surface area contributed by atoms with Crippen molar-refractivity contribution in [3.63, 3.8) is 0 Å². The van der Waals surface area contributed by atoms with Crippen LogP contribution in [0, 0.1) is 11.3 Å². The van der Waals surface area contributed by atoms with Gasteiger partial charge in [0, 0.05) is 5.56 Å². The van der Waals surface area contributed by atoms with Gasteiger partial charge in [-0.05, 0) is 11.1 Å². The molecule has 0 aliphatic rings. The summed E-state index contributed by atoms with van der Waals surface area (Å²) in [6.45, 7) is 0. The third-order valence-corrected chi connectivity index (χ3v) is 3.23. The topological polar surface area (TPSA) is 69.5 Å². The molecule has 0 amide bonds. The van der Waals surface area contributed by atoms with Crippen LogP contribution in [0.2, 0.25) is 0 Å². The van der Waals surface area contributed by atoms with Crippen LogP contribution in [0.25, 0.3) is 22.4 Å². The number of nitrogens with zero attached hydrogens (tertiary/aromatic N) is 2. The fourth-order valence-electron chi connectivity index (χ4n) is 2.17. The first-order valence-corrected chi connectivity index (χ1v) is 6.43. The zero-order valence-corrected chi connectivity index (χ0v) is 11.1. The Hall–Kier alpha value is -3.19. The molecule has 0 fully saturated rings. The Morgan fingerprint density at radius 2 is 1.52 bits per heavy atom. The van der Waals surface area contributed by atoms with Gasteiger partial charge in [0.2, 0.25) is 0 Å². The van der Waals surface area contributed by atoms with Gasteiger partial charge in [-0.2, -0.15) is 5.26 Å². The molecule has 3 aromatic rings. The van der Waals surface area contributed by atoms with Gasteiger partial charge in [-0.15, -0.1) is 0 Å². The van der Waals surface area contributed by atoms with Crippen LogP contribution in [-0.2, 0) is 0 Å². The number of H-pyrrole nitrogens is 1. The molecule has 100 valence electrons. The standard InChI is InChI=1S/C17H11N3O/c18-10-15-16(19-11-20-17(15)21)14-8-6-13(7-9-14)12-4-2-1-3-5-12/h1-9,11H,(H,19,20,21). The first-order valence-electron chi connectivity index (χ1n) is 6.43. The van der Waals surface area contributed by atoms with E-state index in [4.69, 9.17) is 5.26 Å². The number of benzene rings is 2. The van der Waals surface area contributed by atoms with E-state index in [1.807, 2.05) is 60.7 Å². The van der Waals surface area contributed by atoms with Crippen molar-refractivity contribution in [1.82, 2.24) is 9.97 Å². The first kappa shape index (κ1) is 12.8. The van der Waals surface area contributed by atoms with Crippen molar-refractivity contribution in [3.05, 3.63) is 76.8 Å². The molecule has 0 spiro atoms. The maximum absolute atomic E-state index is 11.6. The van der Waals surface area contributed by atoms with E-state index in [-0.39, 0.29) is 5.56 Å². The van der Waals surface area contributed by atoms with Crippen LogP contribution < -0.4 is 5.56 Å². The lowest BCUT2D eigenvalue weighted by Gasteiger charge is -2.05. The Kier molecular flexibility index (Phi) is 3.32. The van der Waals surface area contributed by atoms with Crippen molar-refractivity contribution in [2.45, 2.75) is 0 Å². The molecule has 0 unspecified atom stereocenters. The average Bonchev–Trinajstić information content (AvgIpc) is 2.55. The van der Waals surface area contributed by atoms with Crippen LogP contribution in [0.5, 0.6) is 0 Å². The second kappa shape index (κ2) is 5.43. The number of hydrogen-bond donors (Lipinski definition) is 1. The molecule has 4 heteroatoms. The molecule has 0 saturated carbocycles. The van der Waals surface area contributed by atoms with Crippen LogP contribution in [0.3, 0.4) is 0 Å². The minimum Gasteiger partial charge on any atom is -0.312 e. The van der Waals surface area contributed by atoms with E-state index in [1.165, 1.54) is 6.33 Å². The number of rotatable bonds is 2. The van der Waals surface area contributed by atoms with E-state index in [1.54, 1.807) is 0 Å². The number of nitriles is 1. The first-order chi connectivity index (χ1) is 10.3. The molecule has 21 heavy (non-hydrogen) atoms. The Balaban J connectivity index is 2.05. The second-order valence-electron chi connectivity index (χ2n) is 4.51. The van der Waals surface area contributed by atoms with Crippen molar-refractivity contribution in [2.24, 2.45) is 0 Å². The second-order valence-corrected chi connectivity index (χ2v) is 4.51. The molecule has 0 bridgehead atoms. The Morgan fingerprint density at radius 3 is 2.19 bits per heavy atom. The van der Waals surface area contributed by atoms with E-state index in [0.29, 0.717) is 5.69 Å². The van der Waals surface area contributed by atoms with Gasteiger partial charge in [-0.1, -0.05) is 54.6 Å². The predicted octanol–water partition coefficient (Wildman–Crippen LogP) is 2.98. The minimum atomic E-state index is -0.422. The summed E-state index contributed by atoms with van der Waals surface area (Å²) in [6, 6.07) is 19.5. The highest BCUT2D eigenvalue weighted by molar-refractivity contribution is 5.71. The number of aromatic amines is 1. The Labute approximate surface area is 121 Å². The van der Waals surface area contributed by atoms with Gasteiger partial charge in [-0.25, -0.2) is 4.98 Å². The van der Waals surface area contributed by atoms with Crippen LogP contribution >= 0.6 is 0 Å². The van der Waals surface area contributed by atoms with Crippen LogP contribution in [0.15, 0.2) is 65.7 Å². The highest BCUT2D eigenvalue weighted by atomic mass is 16.1. The van der Waals surface area contributed by atoms with Crippen LogP contribution in [0.1, 0.15) is 5.56 Å². The van der Waals surface area contributed by atoms with Gasteiger partial charge in [0.15, 0.2) is 0 Å². The van der Waals surface area contributed by atoms with Gasteiger partial charge < -0.3 is 4.98 Å². The zero-order chi connectivity index (χ0) is 14.7. The molecule has 1 N–H and O–H groups in total. The molecule has 0 atom stereocenters. The van der Waals surface area contributed by atoms with Gasteiger partial charge in [0.25, 0.3) is 5.56 Å². The molecule has 1 heterocycles. The maximum atomic E-state index is 11.6. The summed E-state index contributed by atoms with van der Waals surface area (Å²) in [5.74, 6) is 0. The number of nitrogens with one attached hydrogen (secondary N) is 1. The van der Waals surface area contributed by atoms with Crippen molar-refractivity contribution in [1.29, 1.82) is 5.26 Å². The van der Waals surface area contributed by atoms with Gasteiger partial charge in [0.05, 0.1) is 12.0 Å². The number of aromatic nitrogens is 2. The van der Waals surface area contributed by atoms with E-state index in [0.717, 1.165) is 16.7 Å². The van der Waals surface area contributed by atoms with E-state index in [9.17, 15) is 4.79 Å². The Morgan fingerprint density at radius 1 is 0.905 bits per heavy atom. The zero-order valence-electron chi connectivity index (χ0n) is 11.1. The fourth-order valence-corrected chi connectivity index (χ4v) is 2.17.